The van der Waals surface area contributed by atoms with Crippen molar-refractivity contribution in [2.75, 3.05) is 5.32 Å². The van der Waals surface area contributed by atoms with E-state index in [1.165, 1.54) is 0 Å². The summed E-state index contributed by atoms with van der Waals surface area (Å²) in [7, 11) is 0. The summed E-state index contributed by atoms with van der Waals surface area (Å²) in [4.78, 5) is 17.3. The number of aromatic amines is 1. The molecule has 34 heavy (non-hydrogen) atoms. The number of H-pyrrole nitrogens is 1. The Morgan fingerprint density at radius 2 is 1.74 bits per heavy atom. The first-order valence-electron chi connectivity index (χ1n) is 10.6. The molecule has 0 atom stereocenters. The van der Waals surface area contributed by atoms with E-state index in [4.69, 9.17) is 16.0 Å². The molecule has 0 bridgehead atoms. The van der Waals surface area contributed by atoms with Crippen LogP contribution in [0.4, 0.5) is 5.69 Å². The minimum Gasteiger partial charge on any atom is -0.436 e. The molecule has 1 amide bonds. The van der Waals surface area contributed by atoms with Gasteiger partial charge >= 0.3 is 0 Å². The van der Waals surface area contributed by atoms with E-state index >= 15 is 0 Å². The number of nitrogens with zero attached hydrogens (tertiary/aromatic N) is 2. The molecule has 0 aliphatic rings. The van der Waals surface area contributed by atoms with Crippen molar-refractivity contribution >= 4 is 45.1 Å². The van der Waals surface area contributed by atoms with Crippen LogP contribution in [0.1, 0.15) is 10.4 Å². The molecule has 0 radical (unpaired) electrons. The van der Waals surface area contributed by atoms with Crippen LogP contribution in [0, 0.1) is 0 Å². The van der Waals surface area contributed by atoms with Crippen LogP contribution in [0.25, 0.3) is 44.6 Å². The molecule has 4 aromatic carbocycles. The summed E-state index contributed by atoms with van der Waals surface area (Å²) in [5.74, 6) is 0.291. The normalized spacial score (nSPS) is 11.2. The second-order valence-corrected chi connectivity index (χ2v) is 8.31. The topological polar surface area (TPSA) is 83.8 Å². The third kappa shape index (κ3) is 3.70. The highest BCUT2D eigenvalue weighted by Crippen LogP contribution is 2.33. The average Bonchev–Trinajstić information content (AvgIpc) is 3.51. The highest BCUT2D eigenvalue weighted by atomic mass is 35.5. The first-order chi connectivity index (χ1) is 16.6. The summed E-state index contributed by atoms with van der Waals surface area (Å²) in [5, 5.41) is 12.9. The van der Waals surface area contributed by atoms with Gasteiger partial charge < -0.3 is 9.73 Å². The molecule has 0 aliphatic heterocycles. The van der Waals surface area contributed by atoms with E-state index in [-0.39, 0.29) is 5.91 Å². The number of halogens is 1. The lowest BCUT2D eigenvalue weighted by Crippen LogP contribution is -2.11. The van der Waals surface area contributed by atoms with Crippen LogP contribution in [0.15, 0.2) is 95.5 Å². The molecule has 2 heterocycles. The highest BCUT2D eigenvalue weighted by Gasteiger charge is 2.17. The lowest BCUT2D eigenvalue weighted by molar-refractivity contribution is 0.102. The highest BCUT2D eigenvalue weighted by molar-refractivity contribution is 6.31. The van der Waals surface area contributed by atoms with E-state index < -0.39 is 0 Å². The zero-order valence-electron chi connectivity index (χ0n) is 17.7. The Hall–Kier alpha value is -4.42. The molecule has 0 spiro atoms. The van der Waals surface area contributed by atoms with Crippen molar-refractivity contribution in [3.05, 3.63) is 102 Å². The van der Waals surface area contributed by atoms with Gasteiger partial charge in [-0.3, -0.25) is 9.89 Å². The van der Waals surface area contributed by atoms with Gasteiger partial charge in [0.05, 0.1) is 5.56 Å². The molecule has 0 saturated heterocycles. The summed E-state index contributed by atoms with van der Waals surface area (Å²) in [5.41, 5.74) is 4.93. The smallest absolute Gasteiger partial charge is 0.255 e. The average molecular weight is 465 g/mol. The van der Waals surface area contributed by atoms with Gasteiger partial charge in [0.15, 0.2) is 5.58 Å². The maximum atomic E-state index is 12.8. The molecular weight excluding hydrogens is 448 g/mol. The molecule has 6 nitrogen and oxygen atoms in total. The number of hydrogen-bond acceptors (Lipinski definition) is 4. The van der Waals surface area contributed by atoms with Crippen LogP contribution in [-0.4, -0.2) is 21.1 Å². The fraction of sp³-hybridized carbons (Fsp3) is 0. The molecule has 0 aliphatic carbocycles. The van der Waals surface area contributed by atoms with Gasteiger partial charge in [-0.25, -0.2) is 4.98 Å². The molecule has 6 rings (SSSR count). The number of amides is 1. The monoisotopic (exact) mass is 464 g/mol. The Labute approximate surface area is 199 Å². The fourth-order valence-corrected chi connectivity index (χ4v) is 4.10. The number of anilines is 1. The summed E-state index contributed by atoms with van der Waals surface area (Å²) < 4.78 is 5.90. The van der Waals surface area contributed by atoms with Crippen LogP contribution < -0.4 is 5.32 Å². The Morgan fingerprint density at radius 1 is 0.912 bits per heavy atom. The number of carbonyl (C=O) groups excluding carboxylic acids is 1. The predicted octanol–water partition coefficient (Wildman–Crippen LogP) is 6.94. The summed E-state index contributed by atoms with van der Waals surface area (Å²) in [6, 6.07) is 26.4. The zero-order valence-corrected chi connectivity index (χ0v) is 18.5. The minimum atomic E-state index is -0.163. The Bertz CT molecular complexity index is 1670. The molecule has 0 unspecified atom stereocenters. The zero-order chi connectivity index (χ0) is 23.1. The molecular formula is C27H17ClN4O2. The van der Waals surface area contributed by atoms with E-state index in [1.807, 2.05) is 66.7 Å². The lowest BCUT2D eigenvalue weighted by Gasteiger charge is -2.07. The van der Waals surface area contributed by atoms with Crippen LogP contribution >= 0.6 is 11.6 Å². The summed E-state index contributed by atoms with van der Waals surface area (Å²) in [6.45, 7) is 0. The van der Waals surface area contributed by atoms with E-state index in [9.17, 15) is 4.79 Å². The van der Waals surface area contributed by atoms with Gasteiger partial charge in [-0.1, -0.05) is 54.1 Å². The van der Waals surface area contributed by atoms with Crippen molar-refractivity contribution in [2.24, 2.45) is 0 Å². The second kappa shape index (κ2) is 8.17. The molecule has 0 saturated carbocycles. The van der Waals surface area contributed by atoms with Crippen LogP contribution in [0.5, 0.6) is 0 Å². The molecule has 0 fully saturated rings. The maximum absolute atomic E-state index is 12.8. The van der Waals surface area contributed by atoms with Gasteiger partial charge in [0.25, 0.3) is 5.91 Å². The quantitative estimate of drug-likeness (QED) is 0.296. The van der Waals surface area contributed by atoms with Crippen molar-refractivity contribution in [3.8, 4) is 22.7 Å². The first kappa shape index (κ1) is 20.2. The van der Waals surface area contributed by atoms with E-state index in [0.717, 1.165) is 21.9 Å². The minimum absolute atomic E-state index is 0.163. The predicted molar refractivity (Wildman–Crippen MR) is 134 cm³/mol. The molecule has 2 aromatic heterocycles. The Balaban J connectivity index is 1.25. The summed E-state index contributed by atoms with van der Waals surface area (Å²) >= 11 is 6.07. The number of benzene rings is 4. The Morgan fingerprint density at radius 3 is 2.59 bits per heavy atom. The number of oxazole rings is 1. The van der Waals surface area contributed by atoms with Gasteiger partial charge in [0, 0.05) is 28.0 Å². The second-order valence-electron chi connectivity index (χ2n) is 7.87. The molecule has 7 heteroatoms. The SMILES string of the molecule is O=C(Nc1ccc(-c2n[nH]cc2-c2nc3cc(Cl)ccc3o2)cc1)c1ccc2ccccc2c1. The van der Waals surface area contributed by atoms with Crippen molar-refractivity contribution < 1.29 is 9.21 Å². The van der Waals surface area contributed by atoms with Crippen molar-refractivity contribution in [3.63, 3.8) is 0 Å². The van der Waals surface area contributed by atoms with Crippen molar-refractivity contribution in [1.29, 1.82) is 0 Å². The third-order valence-corrected chi connectivity index (χ3v) is 5.88. The van der Waals surface area contributed by atoms with Crippen LogP contribution in [-0.2, 0) is 0 Å². The van der Waals surface area contributed by atoms with E-state index in [2.05, 4.69) is 20.5 Å². The number of carbonyl (C=O) groups is 1. The number of aromatic nitrogens is 3. The number of hydrogen-bond donors (Lipinski definition) is 2. The van der Waals surface area contributed by atoms with Gasteiger partial charge in [-0.2, -0.15) is 5.10 Å². The van der Waals surface area contributed by atoms with Gasteiger partial charge in [-0.15, -0.1) is 0 Å². The number of fused-ring (bicyclic) bond motifs is 2. The van der Waals surface area contributed by atoms with E-state index in [1.54, 1.807) is 24.4 Å². The standard InChI is InChI=1S/C27H17ClN4O2/c28-20-9-12-24-23(14-20)31-27(34-24)22-15-29-32-25(22)17-7-10-21(11-8-17)30-26(33)19-6-5-16-3-1-2-4-18(16)13-19/h1-15H,(H,29,32)(H,30,33). The largest absolute Gasteiger partial charge is 0.436 e. The van der Waals surface area contributed by atoms with Gasteiger partial charge in [-0.05, 0) is 53.2 Å². The van der Waals surface area contributed by atoms with E-state index in [0.29, 0.717) is 39.0 Å². The van der Waals surface area contributed by atoms with Crippen LogP contribution in [0.3, 0.4) is 0 Å². The maximum Gasteiger partial charge on any atom is 0.255 e. The fourth-order valence-electron chi connectivity index (χ4n) is 3.93. The van der Waals surface area contributed by atoms with Crippen molar-refractivity contribution in [2.45, 2.75) is 0 Å². The lowest BCUT2D eigenvalue weighted by atomic mass is 10.1. The van der Waals surface area contributed by atoms with Crippen LogP contribution in [0.2, 0.25) is 5.02 Å². The Kier molecular flexibility index (Phi) is 4.86. The number of nitrogens with one attached hydrogen (secondary N) is 2. The molecule has 6 aromatic rings. The molecule has 2 N–H and O–H groups in total. The first-order valence-corrected chi connectivity index (χ1v) is 11.0. The third-order valence-electron chi connectivity index (χ3n) is 5.65. The van der Waals surface area contributed by atoms with Gasteiger partial charge in [0.1, 0.15) is 11.2 Å². The number of rotatable bonds is 4. The molecule has 164 valence electrons. The summed E-state index contributed by atoms with van der Waals surface area (Å²) in [6.07, 6.45) is 1.75. The van der Waals surface area contributed by atoms with Gasteiger partial charge in [0.2, 0.25) is 5.89 Å². The van der Waals surface area contributed by atoms with Crippen molar-refractivity contribution in [1.82, 2.24) is 15.2 Å².